The third kappa shape index (κ3) is 5.16. The average molecular weight is 505 g/mol. The number of amides is 1. The summed E-state index contributed by atoms with van der Waals surface area (Å²) in [4.78, 5) is 42.4. The minimum absolute atomic E-state index is 0.000513. The van der Waals surface area contributed by atoms with Crippen molar-refractivity contribution in [3.05, 3.63) is 35.8 Å². The Kier molecular flexibility index (Phi) is 7.80. The molecule has 1 fully saturated rings. The van der Waals surface area contributed by atoms with Crippen molar-refractivity contribution >= 4 is 28.6 Å². The number of nitrogens with one attached hydrogen (secondary N) is 1. The molecule has 37 heavy (non-hydrogen) atoms. The molecule has 0 aliphatic carbocycles. The minimum atomic E-state index is -0.474. The number of nitrogens with two attached hydrogens (primary N) is 1. The Hall–Kier alpha value is -3.89. The Bertz CT molecular complexity index is 1340. The van der Waals surface area contributed by atoms with E-state index < -0.39 is 6.04 Å². The summed E-state index contributed by atoms with van der Waals surface area (Å²) in [7, 11) is 1.78. The van der Waals surface area contributed by atoms with Crippen LogP contribution in [0, 0.1) is 12.8 Å². The number of carbonyl (C=O) groups is 1. The zero-order valence-corrected chi connectivity index (χ0v) is 22.5. The Labute approximate surface area is 217 Å². The van der Waals surface area contributed by atoms with Gasteiger partial charge in [0.25, 0.3) is 0 Å². The number of allylic oxidation sites excluding steroid dienone is 1. The second-order valence-corrected chi connectivity index (χ2v) is 9.47. The zero-order valence-electron chi connectivity index (χ0n) is 22.5. The third-order valence-corrected chi connectivity index (χ3v) is 6.77. The summed E-state index contributed by atoms with van der Waals surface area (Å²) in [5, 5.41) is 3.36. The molecule has 3 aromatic heterocycles. The molecule has 1 aliphatic heterocycles. The van der Waals surface area contributed by atoms with Gasteiger partial charge in [-0.25, -0.2) is 24.9 Å². The second kappa shape index (κ2) is 11.0. The maximum absolute atomic E-state index is 13.7. The van der Waals surface area contributed by atoms with Gasteiger partial charge < -0.3 is 20.5 Å². The first-order valence-corrected chi connectivity index (χ1v) is 12.8. The monoisotopic (exact) mass is 504 g/mol. The van der Waals surface area contributed by atoms with Crippen LogP contribution in [0.4, 0.5) is 5.82 Å². The summed E-state index contributed by atoms with van der Waals surface area (Å²) in [6.07, 6.45) is 6.28. The molecule has 0 radical (unpaired) electrons. The highest BCUT2D eigenvalue weighted by atomic mass is 16.2. The lowest BCUT2D eigenvalue weighted by Crippen LogP contribution is -2.48. The number of hydrogen-bond donors (Lipinski definition) is 2. The first-order valence-electron chi connectivity index (χ1n) is 12.8. The number of hydrogen-bond acceptors (Lipinski definition) is 9. The number of fused-ring (bicyclic) bond motifs is 1. The van der Waals surface area contributed by atoms with Crippen molar-refractivity contribution in [2.75, 3.05) is 25.5 Å². The molecule has 1 atom stereocenters. The molecule has 0 bridgehead atoms. The minimum Gasteiger partial charge on any atom is -0.401 e. The number of aryl methyl sites for hydroxylation is 2. The van der Waals surface area contributed by atoms with Gasteiger partial charge in [0.2, 0.25) is 5.91 Å². The largest absolute Gasteiger partial charge is 0.401 e. The van der Waals surface area contributed by atoms with Gasteiger partial charge in [-0.05, 0) is 26.2 Å². The number of carbonyl (C=O) groups excluding carboxylic acids is 1. The summed E-state index contributed by atoms with van der Waals surface area (Å²) in [6.45, 7) is 11.7. The third-order valence-electron chi connectivity index (χ3n) is 6.77. The zero-order chi connectivity index (χ0) is 26.7. The van der Waals surface area contributed by atoms with Gasteiger partial charge in [-0.2, -0.15) is 0 Å². The van der Waals surface area contributed by atoms with Crippen LogP contribution >= 0.6 is 0 Å². The Balaban J connectivity index is 1.64. The predicted molar refractivity (Wildman–Crippen MR) is 145 cm³/mol. The van der Waals surface area contributed by atoms with Crippen LogP contribution < -0.4 is 11.1 Å². The molecule has 1 saturated heterocycles. The molecule has 0 spiro atoms. The number of piperidine rings is 1. The van der Waals surface area contributed by atoms with Gasteiger partial charge in [0, 0.05) is 62.5 Å². The Morgan fingerprint density at radius 1 is 1.19 bits per heavy atom. The second-order valence-electron chi connectivity index (χ2n) is 9.47. The maximum atomic E-state index is 13.7. The Morgan fingerprint density at radius 2 is 1.92 bits per heavy atom. The van der Waals surface area contributed by atoms with E-state index in [4.69, 9.17) is 10.7 Å². The molecular weight excluding hydrogens is 468 g/mol. The summed E-state index contributed by atoms with van der Waals surface area (Å²) in [5.74, 6) is 2.11. The maximum Gasteiger partial charge on any atom is 0.245 e. The average Bonchev–Trinajstić information content (AvgIpc) is 3.30. The predicted octanol–water partition coefficient (Wildman–Crippen LogP) is 2.97. The molecule has 0 aromatic carbocycles. The van der Waals surface area contributed by atoms with Crippen LogP contribution in [0.2, 0.25) is 0 Å². The van der Waals surface area contributed by atoms with Gasteiger partial charge in [-0.15, -0.1) is 0 Å². The first-order chi connectivity index (χ1) is 17.8. The molecule has 4 heterocycles. The van der Waals surface area contributed by atoms with Crippen molar-refractivity contribution in [2.45, 2.75) is 60.0 Å². The van der Waals surface area contributed by atoms with E-state index in [0.717, 1.165) is 22.5 Å². The van der Waals surface area contributed by atoms with Crippen molar-refractivity contribution in [1.82, 2.24) is 34.4 Å². The lowest BCUT2D eigenvalue weighted by molar-refractivity contribution is -0.131. The van der Waals surface area contributed by atoms with Crippen LogP contribution in [0.1, 0.15) is 46.4 Å². The SMILES string of the molecule is CCC(Nc1ncnc2c1nc(-c1cnc(C)nc1)n2CC)C(=O)N1CCC(=NC)C(=C(N)C(C)C)C1. The smallest absolute Gasteiger partial charge is 0.245 e. The highest BCUT2D eigenvalue weighted by Gasteiger charge is 2.30. The normalized spacial score (nSPS) is 17.5. The summed E-state index contributed by atoms with van der Waals surface area (Å²) in [6, 6.07) is -0.474. The van der Waals surface area contributed by atoms with Gasteiger partial charge in [-0.1, -0.05) is 20.8 Å². The van der Waals surface area contributed by atoms with Gasteiger partial charge >= 0.3 is 0 Å². The van der Waals surface area contributed by atoms with E-state index in [-0.39, 0.29) is 11.8 Å². The molecule has 3 N–H and O–H groups in total. The highest BCUT2D eigenvalue weighted by molar-refractivity contribution is 6.03. The molecule has 4 rings (SSSR count). The molecule has 3 aromatic rings. The number of rotatable bonds is 7. The molecule has 196 valence electrons. The topological polar surface area (TPSA) is 140 Å². The molecule has 1 unspecified atom stereocenters. The van der Waals surface area contributed by atoms with Crippen LogP contribution in [0.25, 0.3) is 22.6 Å². The van der Waals surface area contributed by atoms with Gasteiger partial charge in [0.15, 0.2) is 17.0 Å². The number of aromatic nitrogens is 6. The van der Waals surface area contributed by atoms with E-state index in [1.165, 1.54) is 6.33 Å². The molecule has 1 amide bonds. The van der Waals surface area contributed by atoms with Crippen LogP contribution in [0.3, 0.4) is 0 Å². The van der Waals surface area contributed by atoms with E-state index >= 15 is 0 Å². The van der Waals surface area contributed by atoms with E-state index in [1.54, 1.807) is 19.4 Å². The first kappa shape index (κ1) is 26.2. The van der Waals surface area contributed by atoms with Crippen LogP contribution in [-0.4, -0.2) is 72.2 Å². The number of anilines is 1. The molecule has 1 aliphatic rings. The van der Waals surface area contributed by atoms with Crippen molar-refractivity contribution in [1.29, 1.82) is 0 Å². The Morgan fingerprint density at radius 3 is 2.54 bits per heavy atom. The van der Waals surface area contributed by atoms with Gasteiger partial charge in [0.1, 0.15) is 24.0 Å². The highest BCUT2D eigenvalue weighted by Crippen LogP contribution is 2.27. The standard InChI is InChI=1S/C26H36N10O/c1-7-19(26(37)35-10-9-20(28-6)18(13-35)21(27)15(3)4)33-23-22-25(32-14-31-23)36(8-2)24(34-22)17-11-29-16(5)30-12-17/h11-12,14-15,19H,7-10,13,27H2,1-6H3,(H,31,32,33). The summed E-state index contributed by atoms with van der Waals surface area (Å²) in [5.41, 5.74) is 11.2. The van der Waals surface area contributed by atoms with Gasteiger partial charge in [0.05, 0.1) is 5.56 Å². The van der Waals surface area contributed by atoms with E-state index in [2.05, 4.69) is 44.1 Å². The summed E-state index contributed by atoms with van der Waals surface area (Å²) < 4.78 is 2.00. The fraction of sp³-hybridized carbons (Fsp3) is 0.500. The number of likely N-dealkylation sites (tertiary alicyclic amines) is 1. The van der Waals surface area contributed by atoms with E-state index in [1.807, 2.05) is 30.2 Å². The van der Waals surface area contributed by atoms with Crippen molar-refractivity contribution in [3.8, 4) is 11.4 Å². The quantitative estimate of drug-likeness (QED) is 0.500. The van der Waals surface area contributed by atoms with Gasteiger partial charge in [-0.3, -0.25) is 9.79 Å². The summed E-state index contributed by atoms with van der Waals surface area (Å²) >= 11 is 0. The molecule has 11 nitrogen and oxygen atoms in total. The molecule has 11 heteroatoms. The fourth-order valence-corrected chi connectivity index (χ4v) is 4.59. The molecule has 0 saturated carbocycles. The number of nitrogens with zero attached hydrogens (tertiary/aromatic N) is 8. The fourth-order valence-electron chi connectivity index (χ4n) is 4.59. The lowest BCUT2D eigenvalue weighted by Gasteiger charge is -2.34. The number of imidazole rings is 1. The van der Waals surface area contributed by atoms with E-state index in [9.17, 15) is 4.79 Å². The van der Waals surface area contributed by atoms with Crippen LogP contribution in [0.5, 0.6) is 0 Å². The lowest BCUT2D eigenvalue weighted by atomic mass is 9.95. The van der Waals surface area contributed by atoms with Crippen molar-refractivity contribution in [3.63, 3.8) is 0 Å². The van der Waals surface area contributed by atoms with E-state index in [0.29, 0.717) is 61.1 Å². The van der Waals surface area contributed by atoms with Crippen molar-refractivity contribution in [2.24, 2.45) is 16.6 Å². The molecular formula is C26H36N10O. The van der Waals surface area contributed by atoms with Crippen molar-refractivity contribution < 1.29 is 4.79 Å². The van der Waals surface area contributed by atoms with Crippen LogP contribution in [-0.2, 0) is 11.3 Å². The van der Waals surface area contributed by atoms with Crippen LogP contribution in [0.15, 0.2) is 35.0 Å². The number of aliphatic imine (C=N–C) groups is 1.